The van der Waals surface area contributed by atoms with Crippen LogP contribution < -0.4 is 14.4 Å². The van der Waals surface area contributed by atoms with E-state index in [0.717, 1.165) is 37.8 Å². The summed E-state index contributed by atoms with van der Waals surface area (Å²) in [5.74, 6) is -2.88. The number of alkyl halides is 2. The number of carbonyl (C=O) groups excluding carboxylic acids is 1. The third-order valence-corrected chi connectivity index (χ3v) is 14.6. The van der Waals surface area contributed by atoms with Gasteiger partial charge in [0.1, 0.15) is 5.75 Å². The van der Waals surface area contributed by atoms with Crippen molar-refractivity contribution in [2.24, 2.45) is 17.8 Å². The van der Waals surface area contributed by atoms with Crippen LogP contribution in [0.1, 0.15) is 86.7 Å². The molecule has 49 heavy (non-hydrogen) atoms. The maximum Gasteiger partial charge on any atom is 0.272 e. The second-order valence-electron chi connectivity index (χ2n) is 15.7. The lowest BCUT2D eigenvalue weighted by Crippen LogP contribution is -2.58. The minimum atomic E-state index is -4.00. The minimum Gasteiger partial charge on any atom is -0.490 e. The van der Waals surface area contributed by atoms with Gasteiger partial charge in [-0.05, 0) is 118 Å². The molecule has 0 unspecified atom stereocenters. The first-order valence-corrected chi connectivity index (χ1v) is 19.8. The number of rotatable bonds is 3. The predicted molar refractivity (Wildman–Crippen MR) is 186 cm³/mol. The van der Waals surface area contributed by atoms with E-state index in [9.17, 15) is 27.1 Å². The number of hydrogen-bond acceptors (Lipinski definition) is 7. The maximum absolute atomic E-state index is 13.7. The Morgan fingerprint density at radius 3 is 2.57 bits per heavy atom. The molecule has 2 bridgehead atoms. The highest BCUT2D eigenvalue weighted by molar-refractivity contribution is 7.90. The zero-order chi connectivity index (χ0) is 34.8. The molecule has 2 aliphatic carbocycles. The van der Waals surface area contributed by atoms with Crippen molar-refractivity contribution in [3.8, 4) is 5.75 Å². The Kier molecular flexibility index (Phi) is 9.23. The molecule has 1 spiro atoms. The number of aliphatic hydroxyl groups is 1. The van der Waals surface area contributed by atoms with Crippen LogP contribution in [-0.4, -0.2) is 80.4 Å². The second-order valence-corrected chi connectivity index (χ2v) is 18.2. The van der Waals surface area contributed by atoms with E-state index < -0.39 is 32.7 Å². The average molecular weight is 720 g/mol. The van der Waals surface area contributed by atoms with Crippen LogP contribution in [0.25, 0.3) is 0 Å². The van der Waals surface area contributed by atoms with Crippen molar-refractivity contribution < 1.29 is 31.8 Å². The van der Waals surface area contributed by atoms with E-state index >= 15 is 0 Å². The largest absolute Gasteiger partial charge is 0.490 e. The molecule has 2 N–H and O–H groups in total. The number of sulfonamides is 1. The van der Waals surface area contributed by atoms with E-state index in [1.165, 1.54) is 11.1 Å². The summed E-state index contributed by atoms with van der Waals surface area (Å²) in [6, 6.07) is 11.2. The molecule has 7 rings (SSSR count). The number of aryl methyl sites for hydroxylation is 1. The molecule has 268 valence electrons. The summed E-state index contributed by atoms with van der Waals surface area (Å²) in [7, 11) is -4.00. The van der Waals surface area contributed by atoms with Crippen LogP contribution >= 0.6 is 11.6 Å². The van der Waals surface area contributed by atoms with Gasteiger partial charge >= 0.3 is 0 Å². The molecule has 0 radical (unpaired) electrons. The van der Waals surface area contributed by atoms with Crippen molar-refractivity contribution in [2.45, 2.75) is 93.8 Å². The van der Waals surface area contributed by atoms with E-state index in [1.54, 1.807) is 30.0 Å². The molecule has 6 atom stereocenters. The molecule has 3 aliphatic heterocycles. The molecule has 0 aromatic heterocycles. The van der Waals surface area contributed by atoms with Crippen LogP contribution in [0.4, 0.5) is 14.5 Å². The van der Waals surface area contributed by atoms with Crippen LogP contribution in [0.15, 0.2) is 36.4 Å². The Bertz CT molecular complexity index is 1700. The Hall–Kier alpha value is -2.47. The van der Waals surface area contributed by atoms with Gasteiger partial charge < -0.3 is 14.7 Å². The number of anilines is 1. The zero-order valence-electron chi connectivity index (χ0n) is 28.4. The van der Waals surface area contributed by atoms with Crippen molar-refractivity contribution in [1.29, 1.82) is 0 Å². The number of nitrogens with zero attached hydrogens (tertiary/aromatic N) is 2. The van der Waals surface area contributed by atoms with Crippen molar-refractivity contribution >= 4 is 33.2 Å². The van der Waals surface area contributed by atoms with Gasteiger partial charge in [-0.15, -0.1) is 0 Å². The van der Waals surface area contributed by atoms with Crippen LogP contribution in [0.3, 0.4) is 0 Å². The molecular weight excluding hydrogens is 672 g/mol. The van der Waals surface area contributed by atoms with Crippen LogP contribution in [0.5, 0.6) is 5.75 Å². The van der Waals surface area contributed by atoms with E-state index in [1.807, 2.05) is 19.1 Å². The fraction of sp³-hybridized carbons (Fsp3) is 0.649. The third kappa shape index (κ3) is 6.81. The zero-order valence-corrected chi connectivity index (χ0v) is 30.0. The van der Waals surface area contributed by atoms with Crippen LogP contribution in [0.2, 0.25) is 5.02 Å². The molecule has 3 heterocycles. The highest BCUT2D eigenvalue weighted by atomic mass is 35.5. The quantitative estimate of drug-likeness (QED) is 0.391. The summed E-state index contributed by atoms with van der Waals surface area (Å²) < 4.78 is 63.1. The number of hydrogen-bond donors (Lipinski definition) is 2. The summed E-state index contributed by atoms with van der Waals surface area (Å²) in [5, 5.41) is 12.3. The third-order valence-electron chi connectivity index (χ3n) is 12.4. The summed E-state index contributed by atoms with van der Waals surface area (Å²) in [6.07, 6.45) is 6.57. The topological polar surface area (TPSA) is 99.2 Å². The van der Waals surface area contributed by atoms with Crippen molar-refractivity contribution in [3.05, 3.63) is 58.1 Å². The Labute approximate surface area is 293 Å². The summed E-state index contributed by atoms with van der Waals surface area (Å²) in [6.45, 7) is 4.99. The van der Waals surface area contributed by atoms with Gasteiger partial charge in [-0.25, -0.2) is 21.9 Å². The van der Waals surface area contributed by atoms with Crippen molar-refractivity contribution in [2.75, 3.05) is 44.2 Å². The van der Waals surface area contributed by atoms with Gasteiger partial charge in [0.15, 0.2) is 0 Å². The van der Waals surface area contributed by atoms with E-state index in [0.29, 0.717) is 62.7 Å². The molecular formula is C37H48ClF2N3O5S. The SMILES string of the molecule is C[C@@H]1[C@@H](C)CCC[C@@](O)(CCN2CC(F)(F)C2)[C@@H]2CC[C@H]2CN2C[C@@]3(CCCc4cc(Cl)ccc43)COc3ccc(cc32)C(=O)NS1(=O)=O. The van der Waals surface area contributed by atoms with Crippen molar-refractivity contribution in [1.82, 2.24) is 9.62 Å². The fourth-order valence-electron chi connectivity index (χ4n) is 9.20. The van der Waals surface area contributed by atoms with Gasteiger partial charge in [0.2, 0.25) is 10.0 Å². The lowest BCUT2D eigenvalue weighted by atomic mass is 9.61. The smallest absolute Gasteiger partial charge is 0.272 e. The number of benzene rings is 2. The molecule has 1 amide bonds. The van der Waals surface area contributed by atoms with Crippen LogP contribution in [-0.2, 0) is 21.9 Å². The van der Waals surface area contributed by atoms with E-state index in [4.69, 9.17) is 16.3 Å². The van der Waals surface area contributed by atoms with Gasteiger partial charge in [0.05, 0.1) is 36.2 Å². The van der Waals surface area contributed by atoms with Gasteiger partial charge in [-0.3, -0.25) is 9.69 Å². The number of halogens is 3. The molecule has 12 heteroatoms. The van der Waals surface area contributed by atoms with Gasteiger partial charge in [-0.2, -0.15) is 0 Å². The normalized spacial score (nSPS) is 34.3. The Balaban J connectivity index is 1.26. The first-order chi connectivity index (χ1) is 23.2. The first kappa shape index (κ1) is 35.0. The maximum atomic E-state index is 13.7. The fourth-order valence-corrected chi connectivity index (χ4v) is 10.7. The molecule has 2 aromatic carbocycles. The van der Waals surface area contributed by atoms with Gasteiger partial charge in [0.25, 0.3) is 11.8 Å². The minimum absolute atomic E-state index is 0.0360. The van der Waals surface area contributed by atoms with E-state index in [-0.39, 0.29) is 41.8 Å². The molecule has 2 fully saturated rings. The highest BCUT2D eigenvalue weighted by Crippen LogP contribution is 2.50. The highest BCUT2D eigenvalue weighted by Gasteiger charge is 2.50. The van der Waals surface area contributed by atoms with E-state index in [2.05, 4.69) is 15.7 Å². The van der Waals surface area contributed by atoms with Gasteiger partial charge in [0, 0.05) is 35.6 Å². The molecule has 2 aromatic rings. The monoisotopic (exact) mass is 719 g/mol. The summed E-state index contributed by atoms with van der Waals surface area (Å²) in [4.78, 5) is 17.5. The number of nitrogens with one attached hydrogen (secondary N) is 1. The molecule has 1 saturated heterocycles. The van der Waals surface area contributed by atoms with Gasteiger partial charge in [-0.1, -0.05) is 31.0 Å². The number of fused-ring (bicyclic) bond motifs is 4. The van der Waals surface area contributed by atoms with Crippen molar-refractivity contribution in [3.63, 3.8) is 0 Å². The standard InChI is InChI=1S/C37H48ClF2N3O5S/c1-24-5-3-14-36(45,15-16-42-21-37(39,40)22-42)31-10-7-28(31)19-43-20-35(13-4-6-26-17-29(38)9-11-30(26)35)23-48-33-12-8-27(18-32(33)43)34(44)41-49(46,47)25(24)2/h8-9,11-12,17-18,24-25,28,31,45H,3-7,10,13-16,19-23H2,1-2H3,(H,41,44)/t24-,25+,28-,31+,35-,36+/m0/s1. The number of likely N-dealkylation sites (tertiary alicyclic amines) is 1. The number of ether oxygens (including phenoxy) is 1. The second kappa shape index (κ2) is 12.9. The van der Waals surface area contributed by atoms with Crippen LogP contribution in [0, 0.1) is 17.8 Å². The summed E-state index contributed by atoms with van der Waals surface area (Å²) in [5.41, 5.74) is 1.98. The molecule has 1 saturated carbocycles. The lowest BCUT2D eigenvalue weighted by Gasteiger charge is -2.51. The number of carbonyl (C=O) groups is 1. The Morgan fingerprint density at radius 1 is 1.04 bits per heavy atom. The molecule has 5 aliphatic rings. The molecule has 8 nitrogen and oxygen atoms in total. The average Bonchev–Trinajstić information content (AvgIpc) is 3.16. The Morgan fingerprint density at radius 2 is 1.84 bits per heavy atom. The first-order valence-electron chi connectivity index (χ1n) is 17.9. The lowest BCUT2D eigenvalue weighted by molar-refractivity contribution is -0.146. The number of amides is 1. The summed E-state index contributed by atoms with van der Waals surface area (Å²) >= 11 is 6.43. The predicted octanol–water partition coefficient (Wildman–Crippen LogP) is 6.18.